The number of hydrogen-bond donors (Lipinski definition) is 3. The minimum Gasteiger partial charge on any atom is -0.349 e. The van der Waals surface area contributed by atoms with E-state index in [1.54, 1.807) is 0 Å². The van der Waals surface area contributed by atoms with Crippen molar-refractivity contribution in [2.24, 2.45) is 0 Å². The third kappa shape index (κ3) is 4.78. The van der Waals surface area contributed by atoms with Crippen LogP contribution in [0.3, 0.4) is 0 Å². The number of aromatic nitrogens is 2. The summed E-state index contributed by atoms with van der Waals surface area (Å²) < 4.78 is 0. The number of H-pyrrole nitrogens is 1. The van der Waals surface area contributed by atoms with Crippen LogP contribution in [0.1, 0.15) is 44.9 Å². The van der Waals surface area contributed by atoms with Gasteiger partial charge in [0.2, 0.25) is 0 Å². The monoisotopic (exact) mass is 250 g/mol. The molecule has 1 aromatic heterocycles. The molecule has 1 fully saturated rings. The molecule has 2 heterocycles. The van der Waals surface area contributed by atoms with E-state index in [9.17, 15) is 0 Å². The number of piperidine rings is 1. The van der Waals surface area contributed by atoms with Crippen molar-refractivity contribution in [1.29, 1.82) is 0 Å². The maximum Gasteiger partial charge on any atom is 0.106 e. The number of aryl methyl sites for hydroxylation is 1. The maximum atomic E-state index is 4.23. The minimum atomic E-state index is 0.609. The summed E-state index contributed by atoms with van der Waals surface area (Å²) in [4.78, 5) is 7.38. The fourth-order valence-electron chi connectivity index (χ4n) is 2.67. The van der Waals surface area contributed by atoms with Crippen LogP contribution < -0.4 is 10.6 Å². The molecule has 0 aliphatic carbocycles. The van der Waals surface area contributed by atoms with Gasteiger partial charge in [-0.1, -0.05) is 6.42 Å². The first kappa shape index (κ1) is 13.6. The predicted molar refractivity (Wildman–Crippen MR) is 74.6 cm³/mol. The van der Waals surface area contributed by atoms with Gasteiger partial charge in [0, 0.05) is 30.9 Å². The molecule has 0 amide bonds. The average Bonchev–Trinajstić information content (AvgIpc) is 2.89. The summed E-state index contributed by atoms with van der Waals surface area (Å²) in [6.45, 7) is 4.58. The van der Waals surface area contributed by atoms with Crippen molar-refractivity contribution >= 4 is 0 Å². The SMILES string of the molecule is CC(CC1CCCCN1)NCCCc1ncc[nH]1. The Balaban J connectivity index is 1.52. The third-order valence-corrected chi connectivity index (χ3v) is 3.69. The van der Waals surface area contributed by atoms with Crippen molar-refractivity contribution < 1.29 is 0 Å². The van der Waals surface area contributed by atoms with Gasteiger partial charge < -0.3 is 15.6 Å². The van der Waals surface area contributed by atoms with E-state index in [-0.39, 0.29) is 0 Å². The zero-order valence-corrected chi connectivity index (χ0v) is 11.4. The van der Waals surface area contributed by atoms with Crippen molar-refractivity contribution in [3.05, 3.63) is 18.2 Å². The topological polar surface area (TPSA) is 52.7 Å². The second-order valence-corrected chi connectivity index (χ2v) is 5.38. The number of rotatable bonds is 7. The Morgan fingerprint density at radius 2 is 2.44 bits per heavy atom. The number of hydrogen-bond acceptors (Lipinski definition) is 3. The summed E-state index contributed by atoms with van der Waals surface area (Å²) in [5.41, 5.74) is 0. The smallest absolute Gasteiger partial charge is 0.106 e. The van der Waals surface area contributed by atoms with Crippen LogP contribution >= 0.6 is 0 Å². The molecule has 2 rings (SSSR count). The lowest BCUT2D eigenvalue weighted by Gasteiger charge is -2.26. The fourth-order valence-corrected chi connectivity index (χ4v) is 2.67. The van der Waals surface area contributed by atoms with Crippen LogP contribution in [0.2, 0.25) is 0 Å². The molecule has 1 aromatic rings. The normalized spacial score (nSPS) is 21.9. The van der Waals surface area contributed by atoms with Crippen LogP contribution in [0.4, 0.5) is 0 Å². The fraction of sp³-hybridized carbons (Fsp3) is 0.786. The van der Waals surface area contributed by atoms with Crippen molar-refractivity contribution in [3.63, 3.8) is 0 Å². The molecule has 2 atom stereocenters. The van der Waals surface area contributed by atoms with Crippen molar-refractivity contribution in [2.45, 2.75) is 57.5 Å². The van der Waals surface area contributed by atoms with Crippen LogP contribution in [0.25, 0.3) is 0 Å². The van der Waals surface area contributed by atoms with Crippen LogP contribution in [-0.4, -0.2) is 35.1 Å². The first-order chi connectivity index (χ1) is 8.84. The molecular weight excluding hydrogens is 224 g/mol. The Hall–Kier alpha value is -0.870. The van der Waals surface area contributed by atoms with E-state index >= 15 is 0 Å². The molecule has 0 bridgehead atoms. The summed E-state index contributed by atoms with van der Waals surface area (Å²) in [7, 11) is 0. The Bertz CT molecular complexity index is 304. The van der Waals surface area contributed by atoms with Gasteiger partial charge in [-0.3, -0.25) is 0 Å². The second-order valence-electron chi connectivity index (χ2n) is 5.38. The lowest BCUT2D eigenvalue weighted by atomic mass is 9.99. The molecule has 1 aliphatic heterocycles. The minimum absolute atomic E-state index is 0.609. The molecule has 4 heteroatoms. The van der Waals surface area contributed by atoms with Gasteiger partial charge in [0.15, 0.2) is 0 Å². The quantitative estimate of drug-likeness (QED) is 0.647. The molecule has 2 unspecified atom stereocenters. The number of nitrogens with zero attached hydrogens (tertiary/aromatic N) is 1. The molecule has 0 aromatic carbocycles. The largest absolute Gasteiger partial charge is 0.349 e. The van der Waals surface area contributed by atoms with Gasteiger partial charge in [-0.2, -0.15) is 0 Å². The number of imidazole rings is 1. The summed E-state index contributed by atoms with van der Waals surface area (Å²) in [6.07, 6.45) is 11.2. The van der Waals surface area contributed by atoms with Crippen LogP contribution in [-0.2, 0) is 6.42 Å². The Morgan fingerprint density at radius 3 is 3.17 bits per heavy atom. The first-order valence-corrected chi connectivity index (χ1v) is 7.29. The lowest BCUT2D eigenvalue weighted by molar-refractivity contribution is 0.344. The standard InChI is InChI=1S/C14H26N4/c1-12(11-13-5-2-3-7-16-13)15-8-4-6-14-17-9-10-18-14/h9-10,12-13,15-16H,2-8,11H2,1H3,(H,17,18). The van der Waals surface area contributed by atoms with E-state index < -0.39 is 0 Å². The Morgan fingerprint density at radius 1 is 1.50 bits per heavy atom. The summed E-state index contributed by atoms with van der Waals surface area (Å²) in [6, 6.07) is 1.34. The predicted octanol–water partition coefficient (Wildman–Crippen LogP) is 1.85. The van der Waals surface area contributed by atoms with Gasteiger partial charge >= 0.3 is 0 Å². The lowest BCUT2D eigenvalue weighted by Crippen LogP contribution is -2.40. The zero-order chi connectivity index (χ0) is 12.6. The van der Waals surface area contributed by atoms with Crippen LogP contribution in [0.5, 0.6) is 0 Å². The molecular formula is C14H26N4. The van der Waals surface area contributed by atoms with E-state index in [2.05, 4.69) is 27.5 Å². The molecule has 0 saturated carbocycles. The molecule has 102 valence electrons. The van der Waals surface area contributed by atoms with Crippen LogP contribution in [0.15, 0.2) is 12.4 Å². The highest BCUT2D eigenvalue weighted by molar-refractivity contribution is 4.87. The molecule has 18 heavy (non-hydrogen) atoms. The van der Waals surface area contributed by atoms with Gasteiger partial charge in [-0.25, -0.2) is 4.98 Å². The summed E-state index contributed by atoms with van der Waals surface area (Å²) >= 11 is 0. The highest BCUT2D eigenvalue weighted by Gasteiger charge is 2.15. The van der Waals surface area contributed by atoms with Gasteiger partial charge in [0.25, 0.3) is 0 Å². The molecule has 4 nitrogen and oxygen atoms in total. The zero-order valence-electron chi connectivity index (χ0n) is 11.4. The van der Waals surface area contributed by atoms with Gasteiger partial charge in [-0.15, -0.1) is 0 Å². The molecule has 3 N–H and O–H groups in total. The van der Waals surface area contributed by atoms with Crippen molar-refractivity contribution in [3.8, 4) is 0 Å². The van der Waals surface area contributed by atoms with Gasteiger partial charge in [0.1, 0.15) is 5.82 Å². The van der Waals surface area contributed by atoms with E-state index in [0.29, 0.717) is 6.04 Å². The number of nitrogens with one attached hydrogen (secondary N) is 3. The number of aromatic amines is 1. The summed E-state index contributed by atoms with van der Waals surface area (Å²) in [5, 5.41) is 7.22. The van der Waals surface area contributed by atoms with E-state index in [0.717, 1.165) is 31.3 Å². The van der Waals surface area contributed by atoms with Crippen molar-refractivity contribution in [2.75, 3.05) is 13.1 Å². The molecule has 1 aliphatic rings. The third-order valence-electron chi connectivity index (χ3n) is 3.69. The molecule has 0 radical (unpaired) electrons. The highest BCUT2D eigenvalue weighted by atomic mass is 15.0. The van der Waals surface area contributed by atoms with Gasteiger partial charge in [-0.05, 0) is 45.7 Å². The molecule has 0 spiro atoms. The average molecular weight is 250 g/mol. The Kier molecular flexibility index (Phi) is 5.68. The summed E-state index contributed by atoms with van der Waals surface area (Å²) in [5.74, 6) is 1.10. The Labute approximate surface area is 110 Å². The van der Waals surface area contributed by atoms with Crippen molar-refractivity contribution in [1.82, 2.24) is 20.6 Å². The van der Waals surface area contributed by atoms with Gasteiger partial charge in [0.05, 0.1) is 0 Å². The van der Waals surface area contributed by atoms with E-state index in [1.807, 2.05) is 12.4 Å². The maximum absolute atomic E-state index is 4.23. The highest BCUT2D eigenvalue weighted by Crippen LogP contribution is 2.11. The van der Waals surface area contributed by atoms with Crippen LogP contribution in [0, 0.1) is 0 Å². The van der Waals surface area contributed by atoms with E-state index in [1.165, 1.54) is 32.2 Å². The second kappa shape index (κ2) is 7.54. The molecule has 1 saturated heterocycles. The van der Waals surface area contributed by atoms with E-state index in [4.69, 9.17) is 0 Å². The first-order valence-electron chi connectivity index (χ1n) is 7.29.